The molecule has 0 aliphatic rings. The maximum Gasteiger partial charge on any atom is 0.175 e. The lowest BCUT2D eigenvalue weighted by Crippen LogP contribution is -2.07. The zero-order valence-electron chi connectivity index (χ0n) is 11.6. The van der Waals surface area contributed by atoms with Crippen LogP contribution in [0.25, 0.3) is 0 Å². The molecule has 0 amide bonds. The van der Waals surface area contributed by atoms with Gasteiger partial charge in [-0.05, 0) is 42.8 Å². The van der Waals surface area contributed by atoms with Crippen LogP contribution in [0.3, 0.4) is 0 Å². The third-order valence-corrected chi connectivity index (χ3v) is 4.40. The summed E-state index contributed by atoms with van der Waals surface area (Å²) in [7, 11) is -3.20. The summed E-state index contributed by atoms with van der Waals surface area (Å²) >= 11 is 5.80. The van der Waals surface area contributed by atoms with Crippen molar-refractivity contribution in [1.29, 1.82) is 0 Å². The van der Waals surface area contributed by atoms with Gasteiger partial charge >= 0.3 is 0 Å². The fourth-order valence-electron chi connectivity index (χ4n) is 1.97. The van der Waals surface area contributed by atoms with E-state index >= 15 is 0 Å². The van der Waals surface area contributed by atoms with Crippen molar-refractivity contribution in [2.45, 2.75) is 17.9 Å². The zero-order chi connectivity index (χ0) is 15.6. The number of hydrogen-bond donors (Lipinski definition) is 1. The monoisotopic (exact) mass is 327 g/mol. The van der Waals surface area contributed by atoms with Gasteiger partial charge in [0.1, 0.15) is 5.82 Å². The normalized spacial score (nSPS) is 13.0. The topological polar surface area (TPSA) is 46.2 Å². The zero-order valence-corrected chi connectivity index (χ0v) is 13.2. The molecule has 0 radical (unpaired) electrons. The molecule has 0 aliphatic carbocycles. The van der Waals surface area contributed by atoms with Crippen LogP contribution in [-0.4, -0.2) is 14.7 Å². The lowest BCUT2D eigenvalue weighted by atomic mass is 10.1. The molecular weight excluding hydrogens is 313 g/mol. The highest BCUT2D eigenvalue weighted by Gasteiger charge is 2.10. The van der Waals surface area contributed by atoms with Gasteiger partial charge in [0.25, 0.3) is 0 Å². The first-order chi connectivity index (χ1) is 9.75. The van der Waals surface area contributed by atoms with Crippen LogP contribution in [0.5, 0.6) is 0 Å². The van der Waals surface area contributed by atoms with Crippen LogP contribution < -0.4 is 5.32 Å². The van der Waals surface area contributed by atoms with Crippen molar-refractivity contribution in [1.82, 2.24) is 0 Å². The second-order valence-corrected chi connectivity index (χ2v) is 7.32. The summed E-state index contributed by atoms with van der Waals surface area (Å²) in [4.78, 5) is 0.271. The van der Waals surface area contributed by atoms with Crippen molar-refractivity contribution < 1.29 is 12.8 Å². The van der Waals surface area contributed by atoms with E-state index in [4.69, 9.17) is 11.6 Å². The van der Waals surface area contributed by atoms with Crippen molar-refractivity contribution in [3.8, 4) is 0 Å². The first kappa shape index (κ1) is 15.8. The number of benzene rings is 2. The molecule has 0 aromatic heterocycles. The number of anilines is 1. The average Bonchev–Trinajstić information content (AvgIpc) is 2.36. The van der Waals surface area contributed by atoms with Crippen molar-refractivity contribution >= 4 is 27.1 Å². The van der Waals surface area contributed by atoms with Crippen molar-refractivity contribution in [2.75, 3.05) is 11.6 Å². The summed E-state index contributed by atoms with van der Waals surface area (Å²) < 4.78 is 36.1. The van der Waals surface area contributed by atoms with E-state index in [0.29, 0.717) is 10.7 Å². The maximum atomic E-state index is 13.3. The SMILES string of the molecule is CC(Nc1cc(F)cc(Cl)c1)c1ccc(S(C)(=O)=O)cc1. The van der Waals surface area contributed by atoms with Gasteiger partial charge in [0.05, 0.1) is 4.90 Å². The number of rotatable bonds is 4. The largest absolute Gasteiger partial charge is 0.378 e. The van der Waals surface area contributed by atoms with Gasteiger partial charge in [-0.25, -0.2) is 12.8 Å². The van der Waals surface area contributed by atoms with Crippen LogP contribution in [0.1, 0.15) is 18.5 Å². The molecule has 1 unspecified atom stereocenters. The second-order valence-electron chi connectivity index (χ2n) is 4.87. The smallest absolute Gasteiger partial charge is 0.175 e. The van der Waals surface area contributed by atoms with E-state index in [9.17, 15) is 12.8 Å². The molecule has 1 N–H and O–H groups in total. The van der Waals surface area contributed by atoms with Crippen LogP contribution in [0.15, 0.2) is 47.4 Å². The molecule has 0 heterocycles. The van der Waals surface area contributed by atoms with E-state index in [0.717, 1.165) is 5.56 Å². The molecule has 2 aromatic rings. The van der Waals surface area contributed by atoms with E-state index in [-0.39, 0.29) is 10.9 Å². The Morgan fingerprint density at radius 3 is 2.29 bits per heavy atom. The number of hydrogen-bond acceptors (Lipinski definition) is 3. The molecule has 0 saturated carbocycles. The molecule has 0 saturated heterocycles. The Morgan fingerprint density at radius 1 is 1.14 bits per heavy atom. The molecule has 0 fully saturated rings. The molecule has 21 heavy (non-hydrogen) atoms. The van der Waals surface area contributed by atoms with Crippen molar-refractivity contribution in [2.24, 2.45) is 0 Å². The minimum Gasteiger partial charge on any atom is -0.378 e. The van der Waals surface area contributed by atoms with Gasteiger partial charge < -0.3 is 5.32 Å². The fourth-order valence-corrected chi connectivity index (χ4v) is 2.83. The lowest BCUT2D eigenvalue weighted by molar-refractivity contribution is 0.601. The van der Waals surface area contributed by atoms with Crippen molar-refractivity contribution in [3.63, 3.8) is 0 Å². The van der Waals surface area contributed by atoms with Gasteiger partial charge in [0.15, 0.2) is 9.84 Å². The Balaban J connectivity index is 2.18. The van der Waals surface area contributed by atoms with E-state index in [1.165, 1.54) is 18.4 Å². The van der Waals surface area contributed by atoms with E-state index < -0.39 is 15.7 Å². The molecule has 1 atom stereocenters. The van der Waals surface area contributed by atoms with E-state index in [2.05, 4.69) is 5.32 Å². The molecule has 112 valence electrons. The Bertz CT molecular complexity index is 725. The van der Waals surface area contributed by atoms with Gasteiger partial charge in [0, 0.05) is 23.0 Å². The van der Waals surface area contributed by atoms with Gasteiger partial charge in [-0.2, -0.15) is 0 Å². The quantitative estimate of drug-likeness (QED) is 0.921. The molecule has 0 spiro atoms. The van der Waals surface area contributed by atoms with Gasteiger partial charge in [0.2, 0.25) is 0 Å². The average molecular weight is 328 g/mol. The summed E-state index contributed by atoms with van der Waals surface area (Å²) in [5, 5.41) is 3.44. The molecule has 3 nitrogen and oxygen atoms in total. The summed E-state index contributed by atoms with van der Waals surface area (Å²) in [5.41, 5.74) is 1.46. The molecule has 0 aliphatic heterocycles. The van der Waals surface area contributed by atoms with E-state index in [1.54, 1.807) is 30.3 Å². The highest BCUT2D eigenvalue weighted by atomic mass is 35.5. The predicted octanol–water partition coefficient (Wildman–Crippen LogP) is 4.06. The fraction of sp³-hybridized carbons (Fsp3) is 0.200. The van der Waals surface area contributed by atoms with Crippen molar-refractivity contribution in [3.05, 3.63) is 58.9 Å². The highest BCUT2D eigenvalue weighted by molar-refractivity contribution is 7.90. The molecular formula is C15H15ClFNO2S. The van der Waals surface area contributed by atoms with Gasteiger partial charge in [-0.1, -0.05) is 23.7 Å². The molecule has 2 rings (SSSR count). The van der Waals surface area contributed by atoms with Crippen LogP contribution in [0, 0.1) is 5.82 Å². The molecule has 2 aromatic carbocycles. The standard InChI is InChI=1S/C15H15ClFNO2S/c1-10(18-14-8-12(16)7-13(17)9-14)11-3-5-15(6-4-11)21(2,19)20/h3-10,18H,1-2H3. The minimum absolute atomic E-state index is 0.114. The number of halogens is 2. The van der Waals surface area contributed by atoms with Crippen LogP contribution in [0.4, 0.5) is 10.1 Å². The first-order valence-electron chi connectivity index (χ1n) is 6.28. The Hall–Kier alpha value is -1.59. The summed E-state index contributed by atoms with van der Waals surface area (Å²) in [6, 6.07) is 10.7. The third kappa shape index (κ3) is 4.19. The Morgan fingerprint density at radius 2 is 1.76 bits per heavy atom. The highest BCUT2D eigenvalue weighted by Crippen LogP contribution is 2.24. The predicted molar refractivity (Wildman–Crippen MR) is 83.0 cm³/mol. The molecule has 0 bridgehead atoms. The second kappa shape index (κ2) is 6.03. The Labute approximate surface area is 128 Å². The molecule has 6 heteroatoms. The van der Waals surface area contributed by atoms with E-state index in [1.807, 2.05) is 6.92 Å². The lowest BCUT2D eigenvalue weighted by Gasteiger charge is -2.16. The Kier molecular flexibility index (Phi) is 4.54. The third-order valence-electron chi connectivity index (χ3n) is 3.05. The first-order valence-corrected chi connectivity index (χ1v) is 8.55. The summed E-state index contributed by atoms with van der Waals surface area (Å²) in [5.74, 6) is -0.412. The summed E-state index contributed by atoms with van der Waals surface area (Å²) in [6.07, 6.45) is 1.17. The van der Waals surface area contributed by atoms with Crippen LogP contribution >= 0.6 is 11.6 Å². The van der Waals surface area contributed by atoms with Crippen LogP contribution in [0.2, 0.25) is 5.02 Å². The maximum absolute atomic E-state index is 13.3. The number of nitrogens with one attached hydrogen (secondary N) is 1. The van der Waals surface area contributed by atoms with Crippen LogP contribution in [-0.2, 0) is 9.84 Å². The number of sulfone groups is 1. The summed E-state index contributed by atoms with van der Waals surface area (Å²) in [6.45, 7) is 1.90. The minimum atomic E-state index is -3.20. The van der Waals surface area contributed by atoms with Gasteiger partial charge in [-0.3, -0.25) is 0 Å². The van der Waals surface area contributed by atoms with Gasteiger partial charge in [-0.15, -0.1) is 0 Å².